The van der Waals surface area contributed by atoms with E-state index in [-0.39, 0.29) is 0 Å². The Kier molecular flexibility index (Phi) is 7.13. The van der Waals surface area contributed by atoms with Crippen molar-refractivity contribution >= 4 is 21.5 Å². The van der Waals surface area contributed by atoms with Gasteiger partial charge in [-0.15, -0.1) is 0 Å². The topological polar surface area (TPSA) is 36.7 Å². The van der Waals surface area contributed by atoms with E-state index in [1.54, 1.807) is 6.20 Å². The molecule has 10 rings (SSSR count). The maximum absolute atomic E-state index is 9.45. The minimum absolute atomic E-state index is 0.415. The van der Waals surface area contributed by atoms with E-state index in [1.807, 2.05) is 12.1 Å². The maximum atomic E-state index is 9.45. The zero-order valence-corrected chi connectivity index (χ0v) is 28.9. The maximum Gasteiger partial charge on any atom is 0.141 e. The van der Waals surface area contributed by atoms with Crippen molar-refractivity contribution in [2.75, 3.05) is 0 Å². The number of rotatable bonds is 5. The molecule has 0 atom stereocenters. The van der Waals surface area contributed by atoms with Crippen LogP contribution in [0.4, 0.5) is 0 Å². The van der Waals surface area contributed by atoms with Gasteiger partial charge >= 0.3 is 0 Å². The van der Waals surface area contributed by atoms with Crippen molar-refractivity contribution in [2.45, 2.75) is 5.41 Å². The molecule has 0 bridgehead atoms. The van der Waals surface area contributed by atoms with Crippen molar-refractivity contribution in [1.82, 2.24) is 4.98 Å². The lowest BCUT2D eigenvalue weighted by molar-refractivity contribution is 0.769. The molecule has 9 aromatic rings. The zero-order chi connectivity index (χ0) is 35.4. The highest BCUT2D eigenvalue weighted by atomic mass is 14.7. The number of pyridine rings is 1. The molecule has 2 nitrogen and oxygen atoms in total. The highest BCUT2D eigenvalue weighted by Crippen LogP contribution is 2.59. The van der Waals surface area contributed by atoms with Crippen molar-refractivity contribution in [3.8, 4) is 50.6 Å². The van der Waals surface area contributed by atoms with E-state index in [0.717, 1.165) is 16.7 Å². The van der Waals surface area contributed by atoms with Gasteiger partial charge in [-0.05, 0) is 119 Å². The van der Waals surface area contributed by atoms with E-state index in [2.05, 4.69) is 187 Å². The number of benzene rings is 8. The minimum atomic E-state index is -0.566. The lowest BCUT2D eigenvalue weighted by atomic mass is 9.67. The fraction of sp³-hybridized carbons (Fsp3) is 0.0196. The van der Waals surface area contributed by atoms with Gasteiger partial charge < -0.3 is 0 Å². The van der Waals surface area contributed by atoms with Crippen LogP contribution in [0.15, 0.2) is 194 Å². The van der Waals surface area contributed by atoms with Crippen LogP contribution in [-0.4, -0.2) is 4.98 Å². The van der Waals surface area contributed by atoms with Gasteiger partial charge in [0, 0.05) is 6.20 Å². The molecule has 2 heteroatoms. The van der Waals surface area contributed by atoms with Gasteiger partial charge in [-0.25, -0.2) is 4.98 Å². The summed E-state index contributed by atoms with van der Waals surface area (Å²) in [5.41, 5.74) is 14.2. The van der Waals surface area contributed by atoms with Crippen LogP contribution in [0.2, 0.25) is 0 Å². The fourth-order valence-corrected chi connectivity index (χ4v) is 8.64. The molecule has 53 heavy (non-hydrogen) atoms. The fourth-order valence-electron chi connectivity index (χ4n) is 8.64. The van der Waals surface area contributed by atoms with Crippen molar-refractivity contribution in [1.29, 1.82) is 5.26 Å². The summed E-state index contributed by atoms with van der Waals surface area (Å²) >= 11 is 0. The normalized spacial score (nSPS) is 12.7. The quantitative estimate of drug-likeness (QED) is 0.182. The Bertz CT molecular complexity index is 2840. The molecule has 0 aliphatic heterocycles. The van der Waals surface area contributed by atoms with Gasteiger partial charge in [-0.2, -0.15) is 5.26 Å². The number of hydrogen-bond donors (Lipinski definition) is 0. The second-order valence-electron chi connectivity index (χ2n) is 13.8. The Morgan fingerprint density at radius 3 is 1.74 bits per heavy atom. The van der Waals surface area contributed by atoms with E-state index in [0.29, 0.717) is 5.69 Å². The van der Waals surface area contributed by atoms with Gasteiger partial charge in [-0.1, -0.05) is 158 Å². The Labute approximate surface area is 308 Å². The Morgan fingerprint density at radius 2 is 1.00 bits per heavy atom. The molecule has 0 saturated heterocycles. The largest absolute Gasteiger partial charge is 0.246 e. The molecule has 1 heterocycles. The van der Waals surface area contributed by atoms with Crippen molar-refractivity contribution in [3.05, 3.63) is 222 Å². The SMILES string of the molecule is N#Cc1cc(-c2ccc(-c3cc4c(c5ccccc35)-c3ccc(-c5ccc6ccccc6c5)cc3C4(c3ccccc3)c3ccccc3)cc2)ccn1. The molecule has 8 aromatic carbocycles. The molecule has 0 unspecified atom stereocenters. The third-order valence-electron chi connectivity index (χ3n) is 11.0. The first-order chi connectivity index (χ1) is 26.2. The van der Waals surface area contributed by atoms with Gasteiger partial charge in [0.15, 0.2) is 0 Å². The minimum Gasteiger partial charge on any atom is -0.246 e. The summed E-state index contributed by atoms with van der Waals surface area (Å²) in [6, 6.07) is 70.6. The van der Waals surface area contributed by atoms with Gasteiger partial charge in [0.05, 0.1) is 5.41 Å². The molecular formula is C51H32N2. The molecule has 1 aliphatic carbocycles. The number of hydrogen-bond acceptors (Lipinski definition) is 2. The predicted molar refractivity (Wildman–Crippen MR) is 218 cm³/mol. The standard InChI is InChI=1S/C51H32N2/c52-33-43-30-40(27-28-53-43)35-19-22-36(23-20-35)47-32-49-50(45-18-10-9-17-44(45)47)46-26-25-39(38-24-21-34-11-7-8-12-37(34)29-38)31-48(46)51(49,41-13-3-1-4-14-41)42-15-5-2-6-16-42/h1-32H. The summed E-state index contributed by atoms with van der Waals surface area (Å²) in [5, 5.41) is 14.4. The molecule has 0 radical (unpaired) electrons. The molecule has 1 aliphatic rings. The van der Waals surface area contributed by atoms with Crippen molar-refractivity contribution < 1.29 is 0 Å². The smallest absolute Gasteiger partial charge is 0.141 e. The van der Waals surface area contributed by atoms with E-state index >= 15 is 0 Å². The Balaban J connectivity index is 1.26. The number of aromatic nitrogens is 1. The molecule has 0 amide bonds. The summed E-state index contributed by atoms with van der Waals surface area (Å²) < 4.78 is 0. The van der Waals surface area contributed by atoms with Crippen molar-refractivity contribution in [2.24, 2.45) is 0 Å². The van der Waals surface area contributed by atoms with E-state index in [1.165, 1.54) is 71.6 Å². The van der Waals surface area contributed by atoms with Gasteiger partial charge in [0.25, 0.3) is 0 Å². The van der Waals surface area contributed by atoms with Crippen LogP contribution in [0.25, 0.3) is 66.1 Å². The van der Waals surface area contributed by atoms with Crippen LogP contribution in [-0.2, 0) is 5.41 Å². The average Bonchev–Trinajstić information content (AvgIpc) is 3.54. The summed E-state index contributed by atoms with van der Waals surface area (Å²) in [4.78, 5) is 4.17. The highest BCUT2D eigenvalue weighted by molar-refractivity contribution is 6.10. The summed E-state index contributed by atoms with van der Waals surface area (Å²) in [6.45, 7) is 0. The first kappa shape index (κ1) is 30.7. The first-order valence-corrected chi connectivity index (χ1v) is 18.0. The number of nitrogens with zero attached hydrogens (tertiary/aromatic N) is 2. The predicted octanol–water partition coefficient (Wildman–Crippen LogP) is 12.6. The van der Waals surface area contributed by atoms with E-state index in [9.17, 15) is 5.26 Å². The second kappa shape index (κ2) is 12.3. The van der Waals surface area contributed by atoms with Gasteiger partial charge in [0.2, 0.25) is 0 Å². The third-order valence-corrected chi connectivity index (χ3v) is 11.0. The molecule has 0 saturated carbocycles. The molecular weight excluding hydrogens is 641 g/mol. The van der Waals surface area contributed by atoms with Crippen molar-refractivity contribution in [3.63, 3.8) is 0 Å². The number of fused-ring (bicyclic) bond motifs is 6. The first-order valence-electron chi connectivity index (χ1n) is 18.0. The average molecular weight is 673 g/mol. The van der Waals surface area contributed by atoms with E-state index in [4.69, 9.17) is 0 Å². The van der Waals surface area contributed by atoms with E-state index < -0.39 is 5.41 Å². The van der Waals surface area contributed by atoms with Crippen LogP contribution in [0.3, 0.4) is 0 Å². The monoisotopic (exact) mass is 672 g/mol. The number of nitriles is 1. The molecule has 246 valence electrons. The summed E-state index contributed by atoms with van der Waals surface area (Å²) in [6.07, 6.45) is 1.70. The lowest BCUT2D eigenvalue weighted by Gasteiger charge is -2.34. The van der Waals surface area contributed by atoms with Crippen LogP contribution in [0, 0.1) is 11.3 Å². The third kappa shape index (κ3) is 4.83. The Morgan fingerprint density at radius 1 is 0.415 bits per heavy atom. The zero-order valence-electron chi connectivity index (χ0n) is 28.9. The van der Waals surface area contributed by atoms with Crippen LogP contribution in [0.5, 0.6) is 0 Å². The van der Waals surface area contributed by atoms with Gasteiger partial charge in [0.1, 0.15) is 11.8 Å². The van der Waals surface area contributed by atoms with Crippen LogP contribution in [0.1, 0.15) is 27.9 Å². The molecule has 0 fully saturated rings. The summed E-state index contributed by atoms with van der Waals surface area (Å²) in [7, 11) is 0. The lowest BCUT2D eigenvalue weighted by Crippen LogP contribution is -2.28. The van der Waals surface area contributed by atoms with Crippen LogP contribution >= 0.6 is 0 Å². The Hall–Kier alpha value is -7.08. The summed E-state index contributed by atoms with van der Waals surface area (Å²) in [5.74, 6) is 0. The van der Waals surface area contributed by atoms with Crippen LogP contribution < -0.4 is 0 Å². The molecule has 0 N–H and O–H groups in total. The molecule has 1 aromatic heterocycles. The molecule has 0 spiro atoms. The van der Waals surface area contributed by atoms with Gasteiger partial charge in [-0.3, -0.25) is 0 Å². The second-order valence-corrected chi connectivity index (χ2v) is 13.8. The highest BCUT2D eigenvalue weighted by Gasteiger charge is 2.47.